The summed E-state index contributed by atoms with van der Waals surface area (Å²) in [6.07, 6.45) is 4.61. The van der Waals surface area contributed by atoms with Crippen LogP contribution in [-0.2, 0) is 6.54 Å². The average Bonchev–Trinajstić information content (AvgIpc) is 2.87. The first-order chi connectivity index (χ1) is 12.5. The Kier molecular flexibility index (Phi) is 5.78. The molecule has 2 aromatic rings. The van der Waals surface area contributed by atoms with Crippen LogP contribution >= 0.6 is 0 Å². The van der Waals surface area contributed by atoms with Gasteiger partial charge in [-0.05, 0) is 30.0 Å². The first-order valence-electron chi connectivity index (χ1n) is 9.08. The van der Waals surface area contributed by atoms with Crippen molar-refractivity contribution in [2.24, 2.45) is 0 Å². The third-order valence-electron chi connectivity index (χ3n) is 4.58. The highest BCUT2D eigenvalue weighted by atomic mass is 16.2. The van der Waals surface area contributed by atoms with Crippen LogP contribution in [0.15, 0.2) is 30.6 Å². The number of carbonyl (C=O) groups excluding carboxylic acids is 1. The van der Waals surface area contributed by atoms with E-state index in [9.17, 15) is 4.79 Å². The van der Waals surface area contributed by atoms with Crippen LogP contribution in [0.3, 0.4) is 0 Å². The average molecular weight is 354 g/mol. The van der Waals surface area contributed by atoms with Gasteiger partial charge in [-0.25, -0.2) is 9.97 Å². The number of hydrogen-bond donors (Lipinski definition) is 1. The Morgan fingerprint density at radius 1 is 1.23 bits per heavy atom. The van der Waals surface area contributed by atoms with Gasteiger partial charge in [0.05, 0.1) is 0 Å². The van der Waals surface area contributed by atoms with Crippen LogP contribution in [0, 0.1) is 0 Å². The molecule has 7 heteroatoms. The van der Waals surface area contributed by atoms with Gasteiger partial charge in [-0.3, -0.25) is 14.7 Å². The van der Waals surface area contributed by atoms with Crippen LogP contribution in [0.4, 0.5) is 5.95 Å². The molecule has 138 valence electrons. The molecule has 0 radical (unpaired) electrons. The minimum Gasteiger partial charge on any atom is -0.368 e. The standard InChI is InChI=1S/C19H26N6O/c1-14(2)16-11-17(23-19(20)22-16)18(26)25-8-4-7-24(9-10-25)13-15-5-3-6-21-12-15/h3,5-6,11-12,14H,4,7-10,13H2,1-2H3,(H2,20,22,23). The fourth-order valence-corrected chi connectivity index (χ4v) is 3.13. The van der Waals surface area contributed by atoms with Crippen molar-refractivity contribution in [1.29, 1.82) is 0 Å². The molecule has 3 rings (SSSR count). The van der Waals surface area contributed by atoms with E-state index in [4.69, 9.17) is 5.73 Å². The quantitative estimate of drug-likeness (QED) is 0.902. The van der Waals surface area contributed by atoms with Crippen molar-refractivity contribution >= 4 is 11.9 Å². The molecule has 0 bridgehead atoms. The Morgan fingerprint density at radius 2 is 2.08 bits per heavy atom. The predicted octanol–water partition coefficient (Wildman–Crippen LogP) is 1.93. The second kappa shape index (κ2) is 8.23. The van der Waals surface area contributed by atoms with Crippen LogP contribution in [0.1, 0.15) is 47.9 Å². The zero-order valence-electron chi connectivity index (χ0n) is 15.4. The van der Waals surface area contributed by atoms with Crippen molar-refractivity contribution < 1.29 is 4.79 Å². The van der Waals surface area contributed by atoms with E-state index in [0.717, 1.165) is 38.3 Å². The molecule has 7 nitrogen and oxygen atoms in total. The second-order valence-electron chi connectivity index (χ2n) is 6.97. The van der Waals surface area contributed by atoms with Crippen molar-refractivity contribution in [3.05, 3.63) is 47.5 Å². The van der Waals surface area contributed by atoms with Crippen molar-refractivity contribution in [1.82, 2.24) is 24.8 Å². The highest BCUT2D eigenvalue weighted by Gasteiger charge is 2.22. The third-order valence-corrected chi connectivity index (χ3v) is 4.58. The highest BCUT2D eigenvalue weighted by Crippen LogP contribution is 2.16. The number of nitrogen functional groups attached to an aromatic ring is 1. The first kappa shape index (κ1) is 18.3. The molecule has 0 unspecified atom stereocenters. The van der Waals surface area contributed by atoms with Crippen LogP contribution < -0.4 is 5.73 Å². The Labute approximate surface area is 154 Å². The summed E-state index contributed by atoms with van der Waals surface area (Å²) in [6.45, 7) is 8.10. The molecule has 1 amide bonds. The Bertz CT molecular complexity index is 749. The van der Waals surface area contributed by atoms with Gasteiger partial charge >= 0.3 is 0 Å². The number of anilines is 1. The molecule has 1 saturated heterocycles. The second-order valence-corrected chi connectivity index (χ2v) is 6.97. The summed E-state index contributed by atoms with van der Waals surface area (Å²) in [4.78, 5) is 29.7. The van der Waals surface area contributed by atoms with Crippen molar-refractivity contribution in [3.8, 4) is 0 Å². The van der Waals surface area contributed by atoms with Gasteiger partial charge in [0.1, 0.15) is 5.69 Å². The predicted molar refractivity (Wildman–Crippen MR) is 101 cm³/mol. The van der Waals surface area contributed by atoms with E-state index < -0.39 is 0 Å². The molecule has 26 heavy (non-hydrogen) atoms. The molecule has 0 spiro atoms. The molecule has 1 fully saturated rings. The van der Waals surface area contributed by atoms with Gasteiger partial charge in [-0.15, -0.1) is 0 Å². The van der Waals surface area contributed by atoms with Gasteiger partial charge < -0.3 is 10.6 Å². The van der Waals surface area contributed by atoms with Crippen LogP contribution in [0.5, 0.6) is 0 Å². The summed E-state index contributed by atoms with van der Waals surface area (Å²) >= 11 is 0. The number of nitrogens with two attached hydrogens (primary N) is 1. The molecular formula is C19H26N6O. The number of amides is 1. The Hall–Kier alpha value is -2.54. The summed E-state index contributed by atoms with van der Waals surface area (Å²) in [5.41, 5.74) is 8.18. The SMILES string of the molecule is CC(C)c1cc(C(=O)N2CCCN(Cc3cccnc3)CC2)nc(N)n1. The van der Waals surface area contributed by atoms with Crippen LogP contribution in [0.2, 0.25) is 0 Å². The number of rotatable bonds is 4. The number of aromatic nitrogens is 3. The lowest BCUT2D eigenvalue weighted by Gasteiger charge is -2.22. The lowest BCUT2D eigenvalue weighted by Crippen LogP contribution is -2.35. The van der Waals surface area contributed by atoms with Crippen molar-refractivity contribution in [2.75, 3.05) is 31.9 Å². The van der Waals surface area contributed by atoms with Crippen LogP contribution in [-0.4, -0.2) is 56.8 Å². The van der Waals surface area contributed by atoms with E-state index in [0.29, 0.717) is 12.2 Å². The number of hydrogen-bond acceptors (Lipinski definition) is 6. The topological polar surface area (TPSA) is 88.2 Å². The third kappa shape index (κ3) is 4.54. The van der Waals surface area contributed by atoms with E-state index >= 15 is 0 Å². The fourth-order valence-electron chi connectivity index (χ4n) is 3.13. The maximum Gasteiger partial charge on any atom is 0.272 e. The van der Waals surface area contributed by atoms with E-state index in [1.807, 2.05) is 31.0 Å². The zero-order chi connectivity index (χ0) is 18.5. The van der Waals surface area contributed by atoms with Gasteiger partial charge in [-0.1, -0.05) is 19.9 Å². The molecule has 1 aliphatic heterocycles. The molecule has 0 atom stereocenters. The van der Waals surface area contributed by atoms with Gasteiger partial charge in [-0.2, -0.15) is 0 Å². The number of pyridine rings is 1. The first-order valence-corrected chi connectivity index (χ1v) is 9.08. The molecule has 3 heterocycles. The lowest BCUT2D eigenvalue weighted by molar-refractivity contribution is 0.0755. The molecule has 2 N–H and O–H groups in total. The van der Waals surface area contributed by atoms with Gasteiger partial charge in [0, 0.05) is 50.8 Å². The summed E-state index contributed by atoms with van der Waals surface area (Å²) in [6, 6.07) is 5.80. The van der Waals surface area contributed by atoms with Gasteiger partial charge in [0.15, 0.2) is 0 Å². The van der Waals surface area contributed by atoms with Crippen molar-refractivity contribution in [2.45, 2.75) is 32.7 Å². The number of nitrogens with zero attached hydrogens (tertiary/aromatic N) is 5. The molecule has 0 aromatic carbocycles. The summed E-state index contributed by atoms with van der Waals surface area (Å²) in [7, 11) is 0. The fraction of sp³-hybridized carbons (Fsp3) is 0.474. The number of carbonyl (C=O) groups is 1. The van der Waals surface area contributed by atoms with E-state index in [2.05, 4.69) is 25.9 Å². The van der Waals surface area contributed by atoms with E-state index in [-0.39, 0.29) is 17.8 Å². The zero-order valence-corrected chi connectivity index (χ0v) is 15.4. The maximum absolute atomic E-state index is 12.9. The smallest absolute Gasteiger partial charge is 0.272 e. The van der Waals surface area contributed by atoms with Crippen molar-refractivity contribution in [3.63, 3.8) is 0 Å². The molecule has 2 aromatic heterocycles. The minimum absolute atomic E-state index is 0.0655. The van der Waals surface area contributed by atoms with E-state index in [1.54, 1.807) is 12.3 Å². The minimum atomic E-state index is -0.0655. The summed E-state index contributed by atoms with van der Waals surface area (Å²) < 4.78 is 0. The Morgan fingerprint density at radius 3 is 2.81 bits per heavy atom. The molecule has 1 aliphatic rings. The van der Waals surface area contributed by atoms with Crippen LogP contribution in [0.25, 0.3) is 0 Å². The van der Waals surface area contributed by atoms with Gasteiger partial charge in [0.25, 0.3) is 5.91 Å². The maximum atomic E-state index is 12.9. The highest BCUT2D eigenvalue weighted by molar-refractivity contribution is 5.92. The largest absolute Gasteiger partial charge is 0.368 e. The van der Waals surface area contributed by atoms with E-state index in [1.165, 1.54) is 5.56 Å². The Balaban J connectivity index is 1.66. The molecule has 0 aliphatic carbocycles. The summed E-state index contributed by atoms with van der Waals surface area (Å²) in [5, 5.41) is 0. The lowest BCUT2D eigenvalue weighted by atomic mass is 10.1. The summed E-state index contributed by atoms with van der Waals surface area (Å²) in [5.74, 6) is 0.294. The normalized spacial score (nSPS) is 15.9. The molecule has 0 saturated carbocycles. The monoisotopic (exact) mass is 354 g/mol. The van der Waals surface area contributed by atoms with Gasteiger partial charge in [0.2, 0.25) is 5.95 Å². The molecular weight excluding hydrogens is 328 g/mol.